The van der Waals surface area contributed by atoms with E-state index >= 15 is 0 Å². The number of rotatable bonds is 34. The number of phosphoric ester groups is 1. The summed E-state index contributed by atoms with van der Waals surface area (Å²) in [7, 11) is 1.53. The lowest BCUT2D eigenvalue weighted by atomic mass is 10.1. The Balaban J connectivity index is 4.61. The van der Waals surface area contributed by atoms with Gasteiger partial charge in [0.1, 0.15) is 13.2 Å². The van der Waals surface area contributed by atoms with E-state index in [1.807, 2.05) is 27.2 Å². The molecule has 0 aromatic rings. The molecule has 9 heteroatoms. The molecule has 0 aromatic heterocycles. The fourth-order valence-corrected chi connectivity index (χ4v) is 5.80. The van der Waals surface area contributed by atoms with Gasteiger partial charge in [-0.25, -0.2) is 4.57 Å². The number of aliphatic hydroxyl groups excluding tert-OH is 1. The highest BCUT2D eigenvalue weighted by atomic mass is 31.2. The second-order valence-electron chi connectivity index (χ2n) is 14.3. The Morgan fingerprint density at radius 1 is 0.700 bits per heavy atom. The monoisotopic (exact) mass is 724 g/mol. The fourth-order valence-electron chi connectivity index (χ4n) is 5.07. The van der Waals surface area contributed by atoms with Crippen LogP contribution < -0.4 is 5.32 Å². The highest BCUT2D eigenvalue weighted by molar-refractivity contribution is 7.47. The molecule has 0 saturated carbocycles. The maximum absolute atomic E-state index is 12.8. The number of likely N-dealkylation sites (N-methyl/N-ethyl adjacent to an activating group) is 1. The van der Waals surface area contributed by atoms with Crippen molar-refractivity contribution in [2.75, 3.05) is 40.9 Å². The molecular weight excluding hydrogens is 647 g/mol. The normalized spacial score (nSPS) is 15.3. The summed E-state index contributed by atoms with van der Waals surface area (Å²) in [6.45, 7) is 4.62. The summed E-state index contributed by atoms with van der Waals surface area (Å²) in [5.74, 6) is -0.209. The average Bonchev–Trinajstić information content (AvgIpc) is 3.06. The lowest BCUT2D eigenvalue weighted by Crippen LogP contribution is -2.45. The van der Waals surface area contributed by atoms with E-state index in [4.69, 9.17) is 9.05 Å². The maximum atomic E-state index is 12.8. The molecule has 3 atom stereocenters. The highest BCUT2D eigenvalue weighted by Gasteiger charge is 2.27. The van der Waals surface area contributed by atoms with Gasteiger partial charge in [-0.1, -0.05) is 132 Å². The first-order valence-corrected chi connectivity index (χ1v) is 21.2. The third-order valence-electron chi connectivity index (χ3n) is 8.22. The Bertz CT molecular complexity index is 1000. The Kier molecular flexibility index (Phi) is 31.9. The number of hydrogen-bond acceptors (Lipinski definition) is 5. The van der Waals surface area contributed by atoms with Gasteiger partial charge in [0, 0.05) is 6.42 Å². The van der Waals surface area contributed by atoms with E-state index in [1.54, 1.807) is 6.08 Å². The SMILES string of the molecule is CC/C=C\C/C=C\C/C=C\CCCCCCCC(=O)NC(COP(=O)(O)OCC[N+](C)(C)C)C(O)/C=C/CC/C=C/CCCCCCCCC. The molecule has 3 unspecified atom stereocenters. The Morgan fingerprint density at radius 3 is 1.84 bits per heavy atom. The van der Waals surface area contributed by atoms with E-state index < -0.39 is 20.0 Å². The number of carbonyl (C=O) groups excluding carboxylic acids is 1. The van der Waals surface area contributed by atoms with Crippen LogP contribution in [-0.2, 0) is 18.4 Å². The third-order valence-corrected chi connectivity index (χ3v) is 9.21. The van der Waals surface area contributed by atoms with Crippen LogP contribution >= 0.6 is 7.82 Å². The predicted octanol–water partition coefficient (Wildman–Crippen LogP) is 10.3. The molecule has 0 heterocycles. The third kappa shape index (κ3) is 34.6. The Hall–Kier alpha value is -1.80. The first-order valence-electron chi connectivity index (χ1n) is 19.7. The summed E-state index contributed by atoms with van der Waals surface area (Å²) in [4.78, 5) is 23.0. The standard InChI is InChI=1S/C41H75N2O6P/c1-6-8-10-12-14-16-18-20-21-23-25-27-29-31-33-35-41(45)42-39(38-49-50(46,47)48-37-36-43(3,4)5)40(44)34-32-30-28-26-24-22-19-17-15-13-11-9-7-2/h8,10,14,16,20-21,24,26,32,34,39-40,44H,6-7,9,11-13,15,17-19,22-23,25,27-31,33,35-38H2,1-5H3,(H-,42,45,46,47)/p+1/b10-8-,16-14-,21-20-,26-24+,34-32+. The van der Waals surface area contributed by atoms with E-state index in [2.05, 4.69) is 67.8 Å². The second kappa shape index (κ2) is 33.1. The molecule has 0 aliphatic rings. The minimum atomic E-state index is -4.35. The van der Waals surface area contributed by atoms with Gasteiger partial charge in [0.2, 0.25) is 5.91 Å². The van der Waals surface area contributed by atoms with Gasteiger partial charge in [-0.05, 0) is 64.2 Å². The first kappa shape index (κ1) is 48.2. The number of phosphoric acid groups is 1. The van der Waals surface area contributed by atoms with Crippen LogP contribution in [0, 0.1) is 0 Å². The molecule has 8 nitrogen and oxygen atoms in total. The van der Waals surface area contributed by atoms with Crippen LogP contribution in [-0.4, -0.2) is 73.4 Å². The van der Waals surface area contributed by atoms with E-state index in [1.165, 1.54) is 44.9 Å². The Labute approximate surface area is 307 Å². The van der Waals surface area contributed by atoms with Crippen molar-refractivity contribution >= 4 is 13.7 Å². The molecule has 0 aliphatic carbocycles. The fraction of sp³-hybridized carbons (Fsp3) is 0.732. The van der Waals surface area contributed by atoms with Crippen LogP contribution in [0.4, 0.5) is 0 Å². The molecule has 0 radical (unpaired) electrons. The molecule has 0 fully saturated rings. The number of nitrogens with one attached hydrogen (secondary N) is 1. The number of hydrogen-bond donors (Lipinski definition) is 3. The quantitative estimate of drug-likeness (QED) is 0.0264. The van der Waals surface area contributed by atoms with Crippen molar-refractivity contribution in [2.24, 2.45) is 0 Å². The largest absolute Gasteiger partial charge is 0.472 e. The van der Waals surface area contributed by atoms with Crippen molar-refractivity contribution in [1.29, 1.82) is 0 Å². The minimum absolute atomic E-state index is 0.0497. The lowest BCUT2D eigenvalue weighted by Gasteiger charge is -2.25. The molecule has 290 valence electrons. The summed E-state index contributed by atoms with van der Waals surface area (Å²) in [5.41, 5.74) is 0. The topological polar surface area (TPSA) is 105 Å². The van der Waals surface area contributed by atoms with Crippen molar-refractivity contribution in [3.05, 3.63) is 60.8 Å². The summed E-state index contributed by atoms with van der Waals surface area (Å²) in [6.07, 6.45) is 41.4. The lowest BCUT2D eigenvalue weighted by molar-refractivity contribution is -0.870. The van der Waals surface area contributed by atoms with Crippen LogP contribution in [0.15, 0.2) is 60.8 Å². The van der Waals surface area contributed by atoms with Gasteiger partial charge in [-0.2, -0.15) is 0 Å². The van der Waals surface area contributed by atoms with E-state index in [0.29, 0.717) is 17.4 Å². The number of carbonyl (C=O) groups is 1. The second-order valence-corrected chi connectivity index (χ2v) is 15.7. The zero-order chi connectivity index (χ0) is 37.2. The summed E-state index contributed by atoms with van der Waals surface area (Å²) in [6, 6.07) is -0.872. The number of unbranched alkanes of at least 4 members (excludes halogenated alkanes) is 13. The van der Waals surface area contributed by atoms with Gasteiger partial charge in [0.15, 0.2) is 0 Å². The van der Waals surface area contributed by atoms with Crippen molar-refractivity contribution in [1.82, 2.24) is 5.32 Å². The number of aliphatic hydroxyl groups is 1. The first-order chi connectivity index (χ1) is 24.0. The predicted molar refractivity (Wildman–Crippen MR) is 212 cm³/mol. The van der Waals surface area contributed by atoms with Crippen LogP contribution in [0.1, 0.15) is 142 Å². The van der Waals surface area contributed by atoms with Gasteiger partial charge >= 0.3 is 7.82 Å². The van der Waals surface area contributed by atoms with Gasteiger partial charge in [-0.15, -0.1) is 0 Å². The van der Waals surface area contributed by atoms with Crippen LogP contribution in [0.2, 0.25) is 0 Å². The van der Waals surface area contributed by atoms with Crippen molar-refractivity contribution in [3.63, 3.8) is 0 Å². The van der Waals surface area contributed by atoms with Gasteiger partial charge < -0.3 is 19.8 Å². The molecule has 3 N–H and O–H groups in total. The van der Waals surface area contributed by atoms with Crippen molar-refractivity contribution < 1.29 is 32.9 Å². The summed E-state index contributed by atoms with van der Waals surface area (Å²) in [5, 5.41) is 13.7. The van der Waals surface area contributed by atoms with E-state index in [9.17, 15) is 19.4 Å². The average molecular weight is 724 g/mol. The smallest absolute Gasteiger partial charge is 0.387 e. The molecule has 0 aromatic carbocycles. The van der Waals surface area contributed by atoms with Gasteiger partial charge in [0.25, 0.3) is 0 Å². The molecular formula is C41H76N2O6P+. The summed E-state index contributed by atoms with van der Waals surface area (Å²) < 4.78 is 23.4. The number of allylic oxidation sites excluding steroid dienone is 9. The number of nitrogens with zero attached hydrogens (tertiary/aromatic N) is 1. The molecule has 0 spiro atoms. The van der Waals surface area contributed by atoms with E-state index in [0.717, 1.165) is 77.0 Å². The van der Waals surface area contributed by atoms with Gasteiger partial charge in [-0.3, -0.25) is 13.8 Å². The highest BCUT2D eigenvalue weighted by Crippen LogP contribution is 2.43. The molecule has 0 bridgehead atoms. The number of quaternary nitrogens is 1. The summed E-state index contributed by atoms with van der Waals surface area (Å²) >= 11 is 0. The molecule has 0 aliphatic heterocycles. The molecule has 1 amide bonds. The van der Waals surface area contributed by atoms with Crippen molar-refractivity contribution in [2.45, 2.75) is 154 Å². The van der Waals surface area contributed by atoms with Gasteiger partial charge in [0.05, 0.1) is 39.9 Å². The van der Waals surface area contributed by atoms with Crippen LogP contribution in [0.5, 0.6) is 0 Å². The van der Waals surface area contributed by atoms with Crippen LogP contribution in [0.25, 0.3) is 0 Å². The molecule has 50 heavy (non-hydrogen) atoms. The number of amides is 1. The van der Waals surface area contributed by atoms with Crippen LogP contribution in [0.3, 0.4) is 0 Å². The minimum Gasteiger partial charge on any atom is -0.387 e. The molecule has 0 rings (SSSR count). The van der Waals surface area contributed by atoms with Crippen molar-refractivity contribution in [3.8, 4) is 0 Å². The molecule has 0 saturated heterocycles. The van der Waals surface area contributed by atoms with E-state index in [-0.39, 0.29) is 19.1 Å². The Morgan fingerprint density at radius 2 is 1.22 bits per heavy atom. The zero-order valence-electron chi connectivity index (χ0n) is 32.6. The maximum Gasteiger partial charge on any atom is 0.472 e. The zero-order valence-corrected chi connectivity index (χ0v) is 33.5.